The molecule has 7 rings (SSSR count). The molecule has 0 saturated carbocycles. The van der Waals surface area contributed by atoms with Crippen molar-refractivity contribution < 1.29 is 9.15 Å². The van der Waals surface area contributed by atoms with Crippen molar-refractivity contribution in [2.24, 2.45) is 0 Å². The van der Waals surface area contributed by atoms with Gasteiger partial charge < -0.3 is 19.4 Å². The number of furan rings is 1. The zero-order valence-corrected chi connectivity index (χ0v) is 18.2. The summed E-state index contributed by atoms with van der Waals surface area (Å²) in [5.74, 6) is 1.57. The zero-order chi connectivity index (χ0) is 22.5. The first-order valence-corrected chi connectivity index (χ1v) is 11.3. The molecule has 34 heavy (non-hydrogen) atoms. The van der Waals surface area contributed by atoms with Gasteiger partial charge >= 0.3 is 0 Å². The summed E-state index contributed by atoms with van der Waals surface area (Å²) in [4.78, 5) is 2.23. The maximum Gasteiger partial charge on any atom is 0.153 e. The number of anilines is 5. The molecular formula is C30H20N2O2. The summed E-state index contributed by atoms with van der Waals surface area (Å²) in [5, 5.41) is 5.65. The van der Waals surface area contributed by atoms with E-state index in [2.05, 4.69) is 89.1 Å². The summed E-state index contributed by atoms with van der Waals surface area (Å²) in [5.41, 5.74) is 6.74. The number of rotatable bonds is 3. The molecule has 1 N–H and O–H groups in total. The fourth-order valence-electron chi connectivity index (χ4n) is 4.64. The van der Waals surface area contributed by atoms with Crippen LogP contribution in [0.15, 0.2) is 120 Å². The zero-order valence-electron chi connectivity index (χ0n) is 18.2. The highest BCUT2D eigenvalue weighted by atomic mass is 16.5. The van der Waals surface area contributed by atoms with Gasteiger partial charge in [0.05, 0.1) is 11.4 Å². The van der Waals surface area contributed by atoms with Gasteiger partial charge in [-0.05, 0) is 48.5 Å². The third-order valence-electron chi connectivity index (χ3n) is 6.22. The first-order chi connectivity index (χ1) is 16.8. The second-order valence-corrected chi connectivity index (χ2v) is 8.36. The van der Waals surface area contributed by atoms with Crippen LogP contribution in [0.4, 0.5) is 28.4 Å². The summed E-state index contributed by atoms with van der Waals surface area (Å²) in [7, 11) is 0. The van der Waals surface area contributed by atoms with Crippen molar-refractivity contribution in [1.82, 2.24) is 0 Å². The number of ether oxygens (including phenoxy) is 1. The summed E-state index contributed by atoms with van der Waals surface area (Å²) >= 11 is 0. The highest BCUT2D eigenvalue weighted by Gasteiger charge is 2.21. The maximum atomic E-state index is 6.44. The minimum absolute atomic E-state index is 0.786. The lowest BCUT2D eigenvalue weighted by Crippen LogP contribution is -2.11. The van der Waals surface area contributed by atoms with Crippen molar-refractivity contribution in [3.63, 3.8) is 0 Å². The van der Waals surface area contributed by atoms with Crippen LogP contribution in [0.2, 0.25) is 0 Å². The Morgan fingerprint density at radius 2 is 1.18 bits per heavy atom. The Morgan fingerprint density at radius 3 is 1.94 bits per heavy atom. The van der Waals surface area contributed by atoms with Gasteiger partial charge in [0.1, 0.15) is 11.2 Å². The summed E-state index contributed by atoms with van der Waals surface area (Å²) in [6.45, 7) is 0. The molecule has 1 aliphatic rings. The van der Waals surface area contributed by atoms with Crippen molar-refractivity contribution in [1.29, 1.82) is 0 Å². The van der Waals surface area contributed by atoms with E-state index in [-0.39, 0.29) is 0 Å². The van der Waals surface area contributed by atoms with Crippen molar-refractivity contribution in [3.05, 3.63) is 115 Å². The Bertz CT molecular complexity index is 1620. The van der Waals surface area contributed by atoms with Crippen LogP contribution in [0.5, 0.6) is 11.5 Å². The summed E-state index contributed by atoms with van der Waals surface area (Å²) < 4.78 is 12.5. The summed E-state index contributed by atoms with van der Waals surface area (Å²) in [6, 6.07) is 39.2. The predicted molar refractivity (Wildman–Crippen MR) is 138 cm³/mol. The topological polar surface area (TPSA) is 37.6 Å². The Kier molecular flexibility index (Phi) is 4.11. The van der Waals surface area contributed by atoms with Crippen LogP contribution < -0.4 is 15.0 Å². The number of hydrogen-bond donors (Lipinski definition) is 1. The molecular weight excluding hydrogens is 420 g/mol. The van der Waals surface area contributed by atoms with Crippen LogP contribution in [0.1, 0.15) is 0 Å². The van der Waals surface area contributed by atoms with Gasteiger partial charge in [-0.15, -0.1) is 0 Å². The van der Waals surface area contributed by atoms with Crippen LogP contribution >= 0.6 is 0 Å². The molecule has 5 aromatic carbocycles. The molecule has 0 radical (unpaired) electrons. The smallest absolute Gasteiger partial charge is 0.153 e. The van der Waals surface area contributed by atoms with E-state index < -0.39 is 0 Å². The van der Waals surface area contributed by atoms with Crippen molar-refractivity contribution >= 4 is 50.4 Å². The minimum atomic E-state index is 0.786. The number of benzene rings is 5. The monoisotopic (exact) mass is 440 g/mol. The van der Waals surface area contributed by atoms with E-state index in [9.17, 15) is 0 Å². The molecule has 2 heterocycles. The first-order valence-electron chi connectivity index (χ1n) is 11.3. The van der Waals surface area contributed by atoms with Gasteiger partial charge in [0.25, 0.3) is 0 Å². The van der Waals surface area contributed by atoms with E-state index in [0.717, 1.165) is 61.9 Å². The second kappa shape index (κ2) is 7.42. The van der Waals surface area contributed by atoms with E-state index in [1.165, 1.54) is 0 Å². The van der Waals surface area contributed by atoms with Gasteiger partial charge in [0.2, 0.25) is 0 Å². The van der Waals surface area contributed by atoms with Crippen LogP contribution in [-0.4, -0.2) is 0 Å². The summed E-state index contributed by atoms with van der Waals surface area (Å²) in [6.07, 6.45) is 0. The fourth-order valence-corrected chi connectivity index (χ4v) is 4.64. The number of nitrogens with one attached hydrogen (secondary N) is 1. The lowest BCUT2D eigenvalue weighted by molar-refractivity contribution is 0.482. The largest absolute Gasteiger partial charge is 0.456 e. The molecule has 162 valence electrons. The van der Waals surface area contributed by atoms with E-state index >= 15 is 0 Å². The van der Waals surface area contributed by atoms with E-state index in [0.29, 0.717) is 0 Å². The Morgan fingerprint density at radius 1 is 0.500 bits per heavy atom. The van der Waals surface area contributed by atoms with E-state index in [1.54, 1.807) is 0 Å². The average Bonchev–Trinajstić information content (AvgIpc) is 3.25. The predicted octanol–water partition coefficient (Wildman–Crippen LogP) is 8.91. The lowest BCUT2D eigenvalue weighted by Gasteiger charge is -2.28. The van der Waals surface area contributed by atoms with E-state index in [4.69, 9.17) is 9.15 Å². The van der Waals surface area contributed by atoms with Crippen LogP contribution in [0, 0.1) is 0 Å². The van der Waals surface area contributed by atoms with Gasteiger partial charge in [-0.2, -0.15) is 0 Å². The molecule has 0 amide bonds. The number of hydrogen-bond acceptors (Lipinski definition) is 4. The normalized spacial score (nSPS) is 12.0. The molecule has 1 aliphatic heterocycles. The fraction of sp³-hybridized carbons (Fsp3) is 0. The highest BCUT2D eigenvalue weighted by Crippen LogP contribution is 2.47. The number of fused-ring (bicyclic) bond motifs is 5. The highest BCUT2D eigenvalue weighted by molar-refractivity contribution is 6.07. The Labute approximate surface area is 196 Å². The third kappa shape index (κ3) is 3.00. The van der Waals surface area contributed by atoms with Gasteiger partial charge in [-0.1, -0.05) is 54.6 Å². The SMILES string of the molecule is c1ccc(N(c2ccccc2)c2ccc3c(c2)Oc2cc4c(cc2N3)oc2ccccc24)cc1. The van der Waals surface area contributed by atoms with Gasteiger partial charge in [-0.25, -0.2) is 0 Å². The lowest BCUT2D eigenvalue weighted by atomic mass is 10.1. The van der Waals surface area contributed by atoms with Gasteiger partial charge in [-0.3, -0.25) is 0 Å². The molecule has 0 saturated heterocycles. The third-order valence-corrected chi connectivity index (χ3v) is 6.22. The Hall–Kier alpha value is -4.70. The quantitative estimate of drug-likeness (QED) is 0.298. The van der Waals surface area contributed by atoms with Crippen molar-refractivity contribution in [2.45, 2.75) is 0 Å². The minimum Gasteiger partial charge on any atom is -0.456 e. The molecule has 4 heteroatoms. The van der Waals surface area contributed by atoms with Crippen LogP contribution in [0.25, 0.3) is 21.9 Å². The van der Waals surface area contributed by atoms with Gasteiger partial charge in [0, 0.05) is 40.0 Å². The molecule has 1 aromatic heterocycles. The van der Waals surface area contributed by atoms with Crippen molar-refractivity contribution in [3.8, 4) is 11.5 Å². The molecule has 0 fully saturated rings. The van der Waals surface area contributed by atoms with Crippen LogP contribution in [-0.2, 0) is 0 Å². The molecule has 0 spiro atoms. The first kappa shape index (κ1) is 18.8. The molecule has 0 atom stereocenters. The molecule has 0 aliphatic carbocycles. The molecule has 0 bridgehead atoms. The second-order valence-electron chi connectivity index (χ2n) is 8.36. The Balaban J connectivity index is 1.33. The average molecular weight is 441 g/mol. The molecule has 4 nitrogen and oxygen atoms in total. The number of nitrogens with zero attached hydrogens (tertiary/aromatic N) is 1. The van der Waals surface area contributed by atoms with E-state index in [1.807, 2.05) is 36.4 Å². The number of para-hydroxylation sites is 3. The van der Waals surface area contributed by atoms with Crippen molar-refractivity contribution in [2.75, 3.05) is 10.2 Å². The molecule has 0 unspecified atom stereocenters. The standard InChI is InChI=1S/C30H20N2O2/c1-3-9-20(10-4-1)32(21-11-5-2-6-12-21)22-15-16-25-29(17-22)34-30-18-24-23-13-7-8-14-27(23)33-28(24)19-26(30)31-25/h1-19,31H. The van der Waals surface area contributed by atoms with Crippen LogP contribution in [0.3, 0.4) is 0 Å². The molecule has 6 aromatic rings. The maximum absolute atomic E-state index is 6.44. The van der Waals surface area contributed by atoms with Gasteiger partial charge in [0.15, 0.2) is 11.5 Å².